The lowest BCUT2D eigenvalue weighted by Crippen LogP contribution is -2.20. The summed E-state index contributed by atoms with van der Waals surface area (Å²) in [6, 6.07) is 9.70. The van der Waals surface area contributed by atoms with E-state index in [0.29, 0.717) is 6.54 Å². The van der Waals surface area contributed by atoms with E-state index in [2.05, 4.69) is 4.98 Å². The van der Waals surface area contributed by atoms with Gasteiger partial charge in [0.1, 0.15) is 0 Å². The van der Waals surface area contributed by atoms with Crippen molar-refractivity contribution in [2.45, 2.75) is 20.4 Å². The van der Waals surface area contributed by atoms with Crippen molar-refractivity contribution in [3.05, 3.63) is 63.8 Å². The van der Waals surface area contributed by atoms with Crippen molar-refractivity contribution >= 4 is 0 Å². The van der Waals surface area contributed by atoms with Gasteiger partial charge in [-0.1, -0.05) is 29.8 Å². The molecule has 3 heteroatoms. The molecule has 82 valence electrons. The zero-order valence-electron chi connectivity index (χ0n) is 9.47. The predicted molar refractivity (Wildman–Crippen MR) is 63.5 cm³/mol. The summed E-state index contributed by atoms with van der Waals surface area (Å²) >= 11 is 0. The number of rotatable bonds is 2. The van der Waals surface area contributed by atoms with Gasteiger partial charge >= 0.3 is 0 Å². The van der Waals surface area contributed by atoms with E-state index in [4.69, 9.17) is 0 Å². The Labute approximate surface area is 94.4 Å². The molecule has 1 aromatic carbocycles. The van der Waals surface area contributed by atoms with Crippen molar-refractivity contribution in [2.75, 3.05) is 0 Å². The van der Waals surface area contributed by atoms with E-state index in [1.807, 2.05) is 38.1 Å². The summed E-state index contributed by atoms with van der Waals surface area (Å²) in [6.45, 7) is 4.44. The lowest BCUT2D eigenvalue weighted by molar-refractivity contribution is 0.730. The molecule has 0 unspecified atom stereocenters. The summed E-state index contributed by atoms with van der Waals surface area (Å²) in [4.78, 5) is 15.8. The second-order valence-electron chi connectivity index (χ2n) is 3.98. The highest BCUT2D eigenvalue weighted by atomic mass is 16.1. The Morgan fingerprint density at radius 3 is 2.50 bits per heavy atom. The maximum Gasteiger partial charge on any atom is 0.253 e. The predicted octanol–water partition coefficient (Wildman–Crippen LogP) is 1.91. The molecule has 0 atom stereocenters. The first-order valence-electron chi connectivity index (χ1n) is 5.24. The maximum absolute atomic E-state index is 11.6. The zero-order valence-corrected chi connectivity index (χ0v) is 9.47. The van der Waals surface area contributed by atoms with Crippen LogP contribution in [0, 0.1) is 13.8 Å². The topological polar surface area (TPSA) is 34.9 Å². The quantitative estimate of drug-likeness (QED) is 0.765. The van der Waals surface area contributed by atoms with Gasteiger partial charge in [0.2, 0.25) is 0 Å². The van der Waals surface area contributed by atoms with Crippen LogP contribution in [0.3, 0.4) is 0 Å². The Bertz CT molecular complexity index is 541. The molecule has 0 saturated carbocycles. The molecule has 0 aliphatic rings. The first-order chi connectivity index (χ1) is 7.65. The number of nitrogens with zero attached hydrogens (tertiary/aromatic N) is 2. The van der Waals surface area contributed by atoms with Crippen LogP contribution in [0.15, 0.2) is 41.5 Å². The monoisotopic (exact) mass is 214 g/mol. The van der Waals surface area contributed by atoms with Gasteiger partial charge in [-0.05, 0) is 19.4 Å². The van der Waals surface area contributed by atoms with E-state index in [-0.39, 0.29) is 5.56 Å². The lowest BCUT2D eigenvalue weighted by atomic mass is 10.1. The summed E-state index contributed by atoms with van der Waals surface area (Å²) in [5.74, 6) is 0. The van der Waals surface area contributed by atoms with Crippen molar-refractivity contribution < 1.29 is 0 Å². The second-order valence-corrected chi connectivity index (χ2v) is 3.98. The van der Waals surface area contributed by atoms with Gasteiger partial charge in [-0.25, -0.2) is 4.98 Å². The fraction of sp³-hybridized carbons (Fsp3) is 0.231. The molecule has 0 fully saturated rings. The van der Waals surface area contributed by atoms with Crippen LogP contribution in [0.2, 0.25) is 0 Å². The molecule has 0 spiro atoms. The first kappa shape index (κ1) is 10.6. The Hall–Kier alpha value is -1.90. The highest BCUT2D eigenvalue weighted by molar-refractivity contribution is 5.21. The van der Waals surface area contributed by atoms with E-state index in [0.717, 1.165) is 11.3 Å². The molecule has 2 rings (SSSR count). The average molecular weight is 214 g/mol. The van der Waals surface area contributed by atoms with Gasteiger partial charge in [-0.3, -0.25) is 9.36 Å². The summed E-state index contributed by atoms with van der Waals surface area (Å²) in [7, 11) is 0. The van der Waals surface area contributed by atoms with Crippen molar-refractivity contribution in [1.29, 1.82) is 0 Å². The Morgan fingerprint density at radius 2 is 1.88 bits per heavy atom. The molecular formula is C13H14N2O. The van der Waals surface area contributed by atoms with Gasteiger partial charge in [0.05, 0.1) is 12.9 Å². The molecule has 16 heavy (non-hydrogen) atoms. The zero-order chi connectivity index (χ0) is 11.5. The van der Waals surface area contributed by atoms with Crippen LogP contribution in [-0.4, -0.2) is 9.55 Å². The molecule has 1 aromatic heterocycles. The SMILES string of the molecule is Cc1ccc(Cn2cnc(C)cc2=O)cc1. The van der Waals surface area contributed by atoms with Gasteiger partial charge in [0.15, 0.2) is 0 Å². The standard InChI is InChI=1S/C13H14N2O/c1-10-3-5-12(6-4-10)8-15-9-14-11(2)7-13(15)16/h3-7,9H,8H2,1-2H3. The lowest BCUT2D eigenvalue weighted by Gasteiger charge is -2.05. The summed E-state index contributed by atoms with van der Waals surface area (Å²) in [5, 5.41) is 0. The van der Waals surface area contributed by atoms with Crippen molar-refractivity contribution in [2.24, 2.45) is 0 Å². The van der Waals surface area contributed by atoms with Gasteiger partial charge in [-0.15, -0.1) is 0 Å². The fourth-order valence-electron chi connectivity index (χ4n) is 1.53. The van der Waals surface area contributed by atoms with E-state index in [1.54, 1.807) is 17.0 Å². The first-order valence-corrected chi connectivity index (χ1v) is 5.24. The largest absolute Gasteiger partial charge is 0.295 e. The van der Waals surface area contributed by atoms with E-state index in [9.17, 15) is 4.79 Å². The van der Waals surface area contributed by atoms with Crippen LogP contribution in [0.25, 0.3) is 0 Å². The number of aryl methyl sites for hydroxylation is 2. The van der Waals surface area contributed by atoms with Crippen LogP contribution in [-0.2, 0) is 6.54 Å². The van der Waals surface area contributed by atoms with Crippen LogP contribution >= 0.6 is 0 Å². The molecule has 0 aliphatic carbocycles. The van der Waals surface area contributed by atoms with Gasteiger partial charge < -0.3 is 0 Å². The minimum Gasteiger partial charge on any atom is -0.295 e. The van der Waals surface area contributed by atoms with Crippen LogP contribution < -0.4 is 5.56 Å². The Balaban J connectivity index is 2.27. The normalized spacial score (nSPS) is 10.4. The number of aromatic nitrogens is 2. The molecule has 0 radical (unpaired) electrons. The van der Waals surface area contributed by atoms with E-state index >= 15 is 0 Å². The molecule has 0 amide bonds. The van der Waals surface area contributed by atoms with E-state index in [1.165, 1.54) is 5.56 Å². The van der Waals surface area contributed by atoms with Crippen molar-refractivity contribution in [3.8, 4) is 0 Å². The molecule has 1 heterocycles. The fourth-order valence-corrected chi connectivity index (χ4v) is 1.53. The smallest absolute Gasteiger partial charge is 0.253 e. The van der Waals surface area contributed by atoms with Gasteiger partial charge in [-0.2, -0.15) is 0 Å². The van der Waals surface area contributed by atoms with Gasteiger partial charge in [0.25, 0.3) is 5.56 Å². The maximum atomic E-state index is 11.6. The van der Waals surface area contributed by atoms with Crippen molar-refractivity contribution in [1.82, 2.24) is 9.55 Å². The van der Waals surface area contributed by atoms with Gasteiger partial charge in [0, 0.05) is 11.8 Å². The second kappa shape index (κ2) is 4.31. The number of hydrogen-bond donors (Lipinski definition) is 0. The Kier molecular flexibility index (Phi) is 2.86. The minimum absolute atomic E-state index is 0.00641. The number of benzene rings is 1. The Morgan fingerprint density at radius 1 is 1.19 bits per heavy atom. The molecule has 0 saturated heterocycles. The van der Waals surface area contributed by atoms with Crippen LogP contribution in [0.1, 0.15) is 16.8 Å². The molecular weight excluding hydrogens is 200 g/mol. The molecule has 3 nitrogen and oxygen atoms in total. The van der Waals surface area contributed by atoms with Crippen LogP contribution in [0.4, 0.5) is 0 Å². The molecule has 0 bridgehead atoms. The number of hydrogen-bond acceptors (Lipinski definition) is 2. The molecule has 0 N–H and O–H groups in total. The third kappa shape index (κ3) is 2.37. The highest BCUT2D eigenvalue weighted by Gasteiger charge is 1.98. The third-order valence-corrected chi connectivity index (χ3v) is 2.49. The molecule has 2 aromatic rings. The minimum atomic E-state index is -0.00641. The summed E-state index contributed by atoms with van der Waals surface area (Å²) < 4.78 is 1.61. The third-order valence-electron chi connectivity index (χ3n) is 2.49. The molecule has 0 aliphatic heterocycles. The summed E-state index contributed by atoms with van der Waals surface area (Å²) in [5.41, 5.74) is 3.08. The summed E-state index contributed by atoms with van der Waals surface area (Å²) in [6.07, 6.45) is 1.59. The van der Waals surface area contributed by atoms with Crippen LogP contribution in [0.5, 0.6) is 0 Å². The average Bonchev–Trinajstić information content (AvgIpc) is 2.25. The highest BCUT2D eigenvalue weighted by Crippen LogP contribution is 2.03. The van der Waals surface area contributed by atoms with Crippen molar-refractivity contribution in [3.63, 3.8) is 0 Å². The van der Waals surface area contributed by atoms with E-state index < -0.39 is 0 Å².